The Balaban J connectivity index is 2.67. The highest BCUT2D eigenvalue weighted by Gasteiger charge is 2.27. The number of carbonyl (C=O) groups is 2. The van der Waals surface area contributed by atoms with Gasteiger partial charge in [0.1, 0.15) is 23.0 Å². The van der Waals surface area contributed by atoms with Gasteiger partial charge in [0, 0.05) is 19.4 Å². The van der Waals surface area contributed by atoms with Gasteiger partial charge in [0.2, 0.25) is 5.91 Å². The Morgan fingerprint density at radius 2 is 1.50 bits per heavy atom. The van der Waals surface area contributed by atoms with E-state index < -0.39 is 17.6 Å². The number of amides is 1. The SMILES string of the molecule is CC(C)(C)OC(=O)[C@H](Cc1ccc(OC(C)(C)C)cc1)NC(=O)CCOCCOCCN. The maximum absolute atomic E-state index is 12.7. The molecular formula is C24H40N2O6. The van der Waals surface area contributed by atoms with E-state index >= 15 is 0 Å². The zero-order valence-electron chi connectivity index (χ0n) is 20.4. The number of hydrogen-bond acceptors (Lipinski definition) is 7. The Labute approximate surface area is 192 Å². The fourth-order valence-electron chi connectivity index (χ4n) is 2.69. The first-order chi connectivity index (χ1) is 14.9. The van der Waals surface area contributed by atoms with Gasteiger partial charge in [0.15, 0.2) is 0 Å². The van der Waals surface area contributed by atoms with Crippen LogP contribution in [0, 0.1) is 0 Å². The zero-order chi connectivity index (χ0) is 24.2. The van der Waals surface area contributed by atoms with E-state index in [2.05, 4.69) is 5.32 Å². The van der Waals surface area contributed by atoms with Crippen molar-refractivity contribution in [2.24, 2.45) is 5.73 Å². The molecule has 3 N–H and O–H groups in total. The summed E-state index contributed by atoms with van der Waals surface area (Å²) in [5, 5.41) is 2.78. The van der Waals surface area contributed by atoms with Crippen molar-refractivity contribution in [2.45, 2.75) is 71.6 Å². The van der Waals surface area contributed by atoms with Crippen molar-refractivity contribution < 1.29 is 28.5 Å². The molecule has 1 aromatic carbocycles. The van der Waals surface area contributed by atoms with E-state index in [0.29, 0.717) is 32.8 Å². The third kappa shape index (κ3) is 13.3. The summed E-state index contributed by atoms with van der Waals surface area (Å²) in [5.41, 5.74) is 5.27. The topological polar surface area (TPSA) is 109 Å². The van der Waals surface area contributed by atoms with Crippen LogP contribution in [0.4, 0.5) is 0 Å². The second-order valence-corrected chi connectivity index (χ2v) is 9.48. The van der Waals surface area contributed by atoms with Crippen molar-refractivity contribution in [1.29, 1.82) is 0 Å². The molecule has 1 rings (SSSR count). The number of carbonyl (C=O) groups excluding carboxylic acids is 2. The van der Waals surface area contributed by atoms with Gasteiger partial charge in [-0.25, -0.2) is 4.79 Å². The molecule has 0 spiro atoms. The van der Waals surface area contributed by atoms with E-state index in [1.54, 1.807) is 20.8 Å². The van der Waals surface area contributed by atoms with Crippen molar-refractivity contribution in [1.82, 2.24) is 5.32 Å². The van der Waals surface area contributed by atoms with Crippen molar-refractivity contribution >= 4 is 11.9 Å². The Kier molecular flexibility index (Phi) is 11.7. The summed E-state index contributed by atoms with van der Waals surface area (Å²) >= 11 is 0. The molecule has 0 aliphatic heterocycles. The van der Waals surface area contributed by atoms with Crippen LogP contribution in [0.2, 0.25) is 0 Å². The first-order valence-corrected chi connectivity index (χ1v) is 11.1. The molecule has 1 aromatic rings. The summed E-state index contributed by atoms with van der Waals surface area (Å²) in [7, 11) is 0. The second kappa shape index (κ2) is 13.4. The average molecular weight is 453 g/mol. The molecule has 0 bridgehead atoms. The lowest BCUT2D eigenvalue weighted by Crippen LogP contribution is -2.45. The fourth-order valence-corrected chi connectivity index (χ4v) is 2.69. The maximum atomic E-state index is 12.7. The van der Waals surface area contributed by atoms with Gasteiger partial charge >= 0.3 is 5.97 Å². The quantitative estimate of drug-likeness (QED) is 0.350. The highest BCUT2D eigenvalue weighted by Crippen LogP contribution is 2.19. The van der Waals surface area contributed by atoms with E-state index in [-0.39, 0.29) is 24.5 Å². The van der Waals surface area contributed by atoms with E-state index in [4.69, 9.17) is 24.7 Å². The normalized spacial score (nSPS) is 12.8. The molecule has 0 unspecified atom stereocenters. The molecule has 0 fully saturated rings. The predicted octanol–water partition coefficient (Wildman–Crippen LogP) is 2.61. The van der Waals surface area contributed by atoms with Crippen LogP contribution in [-0.2, 0) is 30.2 Å². The van der Waals surface area contributed by atoms with Gasteiger partial charge in [-0.05, 0) is 59.2 Å². The first kappa shape index (κ1) is 27.9. The average Bonchev–Trinajstić information content (AvgIpc) is 2.65. The number of hydrogen-bond donors (Lipinski definition) is 2. The van der Waals surface area contributed by atoms with E-state index in [1.165, 1.54) is 0 Å². The summed E-state index contributed by atoms with van der Waals surface area (Å²) in [6, 6.07) is 6.68. The summed E-state index contributed by atoms with van der Waals surface area (Å²) in [6.45, 7) is 13.3. The summed E-state index contributed by atoms with van der Waals surface area (Å²) in [4.78, 5) is 25.1. The van der Waals surface area contributed by atoms with Crippen LogP contribution >= 0.6 is 0 Å². The lowest BCUT2D eigenvalue weighted by Gasteiger charge is -2.25. The smallest absolute Gasteiger partial charge is 0.329 e. The first-order valence-electron chi connectivity index (χ1n) is 11.1. The van der Waals surface area contributed by atoms with Crippen molar-refractivity contribution in [3.63, 3.8) is 0 Å². The number of rotatable bonds is 13. The largest absolute Gasteiger partial charge is 0.488 e. The van der Waals surface area contributed by atoms with E-state index in [0.717, 1.165) is 11.3 Å². The predicted molar refractivity (Wildman–Crippen MR) is 124 cm³/mol. The summed E-state index contributed by atoms with van der Waals surface area (Å²) in [5.74, 6) is -0.0138. The molecule has 1 amide bonds. The number of benzene rings is 1. The van der Waals surface area contributed by atoms with Crippen LogP contribution in [-0.4, -0.2) is 62.1 Å². The van der Waals surface area contributed by atoms with Crippen LogP contribution in [0.1, 0.15) is 53.5 Å². The monoisotopic (exact) mass is 452 g/mol. The third-order valence-corrected chi connectivity index (χ3v) is 3.92. The van der Waals surface area contributed by atoms with Gasteiger partial charge in [0.05, 0.1) is 26.4 Å². The molecule has 32 heavy (non-hydrogen) atoms. The van der Waals surface area contributed by atoms with Crippen molar-refractivity contribution in [2.75, 3.05) is 33.0 Å². The maximum Gasteiger partial charge on any atom is 0.329 e. The molecule has 8 nitrogen and oxygen atoms in total. The number of ether oxygens (including phenoxy) is 4. The van der Waals surface area contributed by atoms with Gasteiger partial charge < -0.3 is 30.0 Å². The van der Waals surface area contributed by atoms with Crippen LogP contribution in [0.25, 0.3) is 0 Å². The molecule has 0 aromatic heterocycles. The lowest BCUT2D eigenvalue weighted by molar-refractivity contribution is -0.158. The molecule has 182 valence electrons. The molecule has 1 atom stereocenters. The molecule has 0 heterocycles. The molecule has 0 aliphatic carbocycles. The second-order valence-electron chi connectivity index (χ2n) is 9.48. The number of nitrogens with two attached hydrogens (primary N) is 1. The molecular weight excluding hydrogens is 412 g/mol. The fraction of sp³-hybridized carbons (Fsp3) is 0.667. The van der Waals surface area contributed by atoms with Crippen LogP contribution in [0.15, 0.2) is 24.3 Å². The molecule has 0 radical (unpaired) electrons. The standard InChI is InChI=1S/C24H40N2O6/c1-23(2,3)31-19-9-7-18(8-10-19)17-20(22(28)32-24(4,5)6)26-21(27)11-13-29-15-16-30-14-12-25/h7-10,20H,11-17,25H2,1-6H3,(H,26,27)/t20-/m0/s1. The molecule has 0 aliphatic rings. The Bertz CT molecular complexity index is 692. The highest BCUT2D eigenvalue weighted by atomic mass is 16.6. The minimum Gasteiger partial charge on any atom is -0.488 e. The summed E-state index contributed by atoms with van der Waals surface area (Å²) in [6.07, 6.45) is 0.443. The van der Waals surface area contributed by atoms with Gasteiger partial charge in [-0.1, -0.05) is 12.1 Å². The van der Waals surface area contributed by atoms with Crippen molar-refractivity contribution in [3.8, 4) is 5.75 Å². The van der Waals surface area contributed by atoms with Gasteiger partial charge in [-0.3, -0.25) is 4.79 Å². The lowest BCUT2D eigenvalue weighted by atomic mass is 10.0. The Morgan fingerprint density at radius 1 is 0.906 bits per heavy atom. The molecule has 0 saturated carbocycles. The molecule has 8 heteroatoms. The Morgan fingerprint density at radius 3 is 2.03 bits per heavy atom. The minimum absolute atomic E-state index is 0.133. The highest BCUT2D eigenvalue weighted by molar-refractivity contribution is 5.85. The van der Waals surface area contributed by atoms with E-state index in [1.807, 2.05) is 45.0 Å². The van der Waals surface area contributed by atoms with Crippen LogP contribution in [0.3, 0.4) is 0 Å². The summed E-state index contributed by atoms with van der Waals surface area (Å²) < 4.78 is 21.9. The number of esters is 1. The number of nitrogens with one attached hydrogen (secondary N) is 1. The van der Waals surface area contributed by atoms with Crippen LogP contribution in [0.5, 0.6) is 5.75 Å². The Hall–Kier alpha value is -2.16. The van der Waals surface area contributed by atoms with Gasteiger partial charge in [-0.15, -0.1) is 0 Å². The van der Waals surface area contributed by atoms with Crippen LogP contribution < -0.4 is 15.8 Å². The third-order valence-electron chi connectivity index (χ3n) is 3.92. The van der Waals surface area contributed by atoms with Gasteiger partial charge in [0.25, 0.3) is 0 Å². The van der Waals surface area contributed by atoms with E-state index in [9.17, 15) is 9.59 Å². The minimum atomic E-state index is -0.802. The zero-order valence-corrected chi connectivity index (χ0v) is 20.4. The van der Waals surface area contributed by atoms with Gasteiger partial charge in [-0.2, -0.15) is 0 Å². The molecule has 0 saturated heterocycles. The van der Waals surface area contributed by atoms with Crippen molar-refractivity contribution in [3.05, 3.63) is 29.8 Å².